The number of fused-ring (bicyclic) bond motifs is 2. The number of likely N-dealkylation sites (N-methyl/N-ethyl adjacent to an activating group) is 1. The maximum Gasteiger partial charge on any atom is 0.412 e. The second-order valence-corrected chi connectivity index (χ2v) is 8.18. The Kier molecular flexibility index (Phi) is 5.64. The fourth-order valence-electron chi connectivity index (χ4n) is 2.99. The van der Waals surface area contributed by atoms with Crippen molar-refractivity contribution in [3.8, 4) is 0 Å². The molecule has 0 unspecified atom stereocenters. The molecule has 0 fully saturated rings. The van der Waals surface area contributed by atoms with Crippen molar-refractivity contribution in [3.63, 3.8) is 0 Å². The van der Waals surface area contributed by atoms with Gasteiger partial charge in [0.05, 0.1) is 0 Å². The Bertz CT molecular complexity index is 910. The molecule has 0 radical (unpaired) electrons. The highest BCUT2D eigenvalue weighted by molar-refractivity contribution is 7.65. The minimum absolute atomic E-state index is 0.168. The van der Waals surface area contributed by atoms with Gasteiger partial charge in [-0.05, 0) is 17.3 Å². The Morgan fingerprint density at radius 2 is 1.62 bits per heavy atom. The summed E-state index contributed by atoms with van der Waals surface area (Å²) in [5.74, 6) is 0. The van der Waals surface area contributed by atoms with E-state index in [1.54, 1.807) is 36.2 Å². The number of alkyl halides is 6. The summed E-state index contributed by atoms with van der Waals surface area (Å²) in [5, 5.41) is -0.338. The lowest BCUT2D eigenvalue weighted by Gasteiger charge is -2.42. The second-order valence-electron chi connectivity index (χ2n) is 6.22. The molecule has 158 valence electrons. The van der Waals surface area contributed by atoms with Crippen molar-refractivity contribution in [3.05, 3.63) is 65.7 Å². The van der Waals surface area contributed by atoms with E-state index in [1.807, 2.05) is 0 Å². The molecule has 0 spiro atoms. The molecule has 0 saturated heterocycles. The van der Waals surface area contributed by atoms with E-state index in [4.69, 9.17) is 0 Å². The van der Waals surface area contributed by atoms with Gasteiger partial charge in [-0.25, -0.2) is 0 Å². The zero-order valence-electron chi connectivity index (χ0n) is 14.9. The molecule has 0 amide bonds. The molecule has 0 N–H and O–H groups in total. The zero-order valence-corrected chi connectivity index (χ0v) is 15.8. The fourth-order valence-corrected chi connectivity index (χ4v) is 4.92. The number of hydrogen-bond acceptors (Lipinski definition) is 4. The topological polar surface area (TPSA) is 38.8 Å². The average Bonchev–Trinajstić information content (AvgIpc) is 2.64. The van der Waals surface area contributed by atoms with E-state index in [2.05, 4.69) is 9.05 Å². The largest absolute Gasteiger partial charge is 0.412 e. The summed E-state index contributed by atoms with van der Waals surface area (Å²) in [6, 6.07) is 6.21. The lowest BCUT2D eigenvalue weighted by atomic mass is 9.94. The first-order chi connectivity index (χ1) is 13.4. The molecule has 11 heteroatoms. The molecule has 3 rings (SSSR count). The van der Waals surface area contributed by atoms with Crippen LogP contribution in [0.3, 0.4) is 0 Å². The van der Waals surface area contributed by atoms with Crippen molar-refractivity contribution >= 4 is 18.6 Å². The van der Waals surface area contributed by atoms with Crippen LogP contribution in [0.1, 0.15) is 5.56 Å². The predicted octanol–water partition coefficient (Wildman–Crippen LogP) is 5.86. The first-order valence-electron chi connectivity index (χ1n) is 8.24. The molecular weight excluding hydrogens is 423 g/mol. The Morgan fingerprint density at radius 1 is 1.03 bits per heavy atom. The summed E-state index contributed by atoms with van der Waals surface area (Å²) in [6.07, 6.45) is -3.62. The summed E-state index contributed by atoms with van der Waals surface area (Å²) in [5.41, 5.74) is 1.21. The number of allylic oxidation sites excluding steroid dienone is 4. The molecular formula is C18H15F6NO3P-. The smallest absolute Gasteiger partial charge is 0.385 e. The number of nitrogens with zero attached hydrogens (tertiary/aromatic N) is 1. The third-order valence-electron chi connectivity index (χ3n) is 4.11. The maximum absolute atomic E-state index is 13.4. The average molecular weight is 438 g/mol. The van der Waals surface area contributed by atoms with E-state index in [9.17, 15) is 30.9 Å². The van der Waals surface area contributed by atoms with Crippen LogP contribution in [0.15, 0.2) is 53.8 Å². The highest BCUT2D eigenvalue weighted by Crippen LogP contribution is 2.66. The van der Waals surface area contributed by atoms with Crippen molar-refractivity contribution in [2.75, 3.05) is 25.2 Å². The molecule has 1 aromatic carbocycles. The van der Waals surface area contributed by atoms with E-state index >= 15 is 0 Å². The first-order valence-corrected chi connectivity index (χ1v) is 9.78. The zero-order chi connectivity index (χ0) is 21.4. The number of benzene rings is 1. The molecule has 1 aliphatic carbocycles. The van der Waals surface area contributed by atoms with Crippen molar-refractivity contribution < 1.29 is 40.0 Å². The van der Waals surface area contributed by atoms with Crippen LogP contribution in [0.25, 0.3) is 5.31 Å². The SMILES string of the molecule is CN1C2=CC=C[CH-]C2=C(P(=O)(OCC(F)(F)F)OCC(F)(F)F)c2ccccc21. The molecule has 1 aromatic rings. The molecule has 0 saturated carbocycles. The third-order valence-corrected chi connectivity index (χ3v) is 6.08. The highest BCUT2D eigenvalue weighted by atomic mass is 31.2. The van der Waals surface area contributed by atoms with E-state index in [-0.39, 0.29) is 16.5 Å². The van der Waals surface area contributed by atoms with Crippen LogP contribution in [0.5, 0.6) is 0 Å². The molecule has 1 aliphatic heterocycles. The molecule has 2 aliphatic rings. The number of hydrogen-bond donors (Lipinski definition) is 0. The van der Waals surface area contributed by atoms with E-state index < -0.39 is 33.2 Å². The van der Waals surface area contributed by atoms with Gasteiger partial charge in [0.25, 0.3) is 0 Å². The van der Waals surface area contributed by atoms with Gasteiger partial charge in [0.2, 0.25) is 0 Å². The van der Waals surface area contributed by atoms with Gasteiger partial charge in [-0.15, -0.1) is 30.2 Å². The highest BCUT2D eigenvalue weighted by Gasteiger charge is 2.42. The molecule has 1 heterocycles. The Labute approximate surface area is 162 Å². The normalized spacial score (nSPS) is 16.9. The number of rotatable bonds is 5. The monoisotopic (exact) mass is 438 g/mol. The van der Waals surface area contributed by atoms with Gasteiger partial charge in [0, 0.05) is 18.0 Å². The van der Waals surface area contributed by atoms with Crippen molar-refractivity contribution in [1.29, 1.82) is 0 Å². The van der Waals surface area contributed by atoms with Crippen LogP contribution in [-0.4, -0.2) is 32.6 Å². The van der Waals surface area contributed by atoms with Crippen molar-refractivity contribution in [2.24, 2.45) is 0 Å². The van der Waals surface area contributed by atoms with E-state index in [1.165, 1.54) is 24.6 Å². The minimum Gasteiger partial charge on any atom is -0.385 e. The van der Waals surface area contributed by atoms with Crippen molar-refractivity contribution in [1.82, 2.24) is 0 Å². The first kappa shape index (κ1) is 21.5. The van der Waals surface area contributed by atoms with Crippen molar-refractivity contribution in [2.45, 2.75) is 12.4 Å². The fraction of sp³-hybridized carbons (Fsp3) is 0.278. The van der Waals surface area contributed by atoms with Gasteiger partial charge >= 0.3 is 19.9 Å². The summed E-state index contributed by atoms with van der Waals surface area (Å²) >= 11 is 0. The standard InChI is InChI=1S/C18H15F6NO3P/c1-25-14-8-4-2-6-12(14)16(13-7-3-5-9-15(13)25)29(26,27-10-17(19,20)21)28-11-18(22,23)24/h2-9H,10-11H2,1H3/q-1. The molecule has 0 bridgehead atoms. The van der Waals surface area contributed by atoms with Gasteiger partial charge in [0.15, 0.2) is 13.2 Å². The van der Waals surface area contributed by atoms with Crippen LogP contribution >= 0.6 is 7.60 Å². The van der Waals surface area contributed by atoms with Crippen LogP contribution in [0.4, 0.5) is 32.0 Å². The maximum atomic E-state index is 13.4. The lowest BCUT2D eigenvalue weighted by molar-refractivity contribution is -0.164. The minimum atomic E-state index is -5.03. The van der Waals surface area contributed by atoms with Gasteiger partial charge in [0.1, 0.15) is 0 Å². The number of anilines is 1. The van der Waals surface area contributed by atoms with Gasteiger partial charge in [-0.3, -0.25) is 4.57 Å². The molecule has 0 atom stereocenters. The summed E-state index contributed by atoms with van der Waals surface area (Å²) in [4.78, 5) is 1.69. The van der Waals surface area contributed by atoms with Crippen LogP contribution in [-0.2, 0) is 13.6 Å². The van der Waals surface area contributed by atoms with Gasteiger partial charge < -0.3 is 13.9 Å². The quantitative estimate of drug-likeness (QED) is 0.328. The second kappa shape index (κ2) is 7.59. The van der Waals surface area contributed by atoms with Crippen LogP contribution in [0, 0.1) is 6.42 Å². The number of halogens is 6. The van der Waals surface area contributed by atoms with E-state index in [0.717, 1.165) is 0 Å². The van der Waals surface area contributed by atoms with Gasteiger partial charge in [-0.1, -0.05) is 18.2 Å². The Balaban J connectivity index is 2.17. The molecule has 29 heavy (non-hydrogen) atoms. The summed E-state index contributed by atoms with van der Waals surface area (Å²) in [7, 11) is -3.36. The van der Waals surface area contributed by atoms with Gasteiger partial charge in [-0.2, -0.15) is 26.3 Å². The predicted molar refractivity (Wildman–Crippen MR) is 94.9 cm³/mol. The Hall–Kier alpha value is -2.16. The lowest BCUT2D eigenvalue weighted by Crippen LogP contribution is -2.26. The third kappa shape index (κ3) is 4.71. The summed E-state index contributed by atoms with van der Waals surface area (Å²) in [6.45, 7) is -4.04. The Morgan fingerprint density at radius 3 is 2.21 bits per heavy atom. The molecule has 4 nitrogen and oxygen atoms in total. The van der Waals surface area contributed by atoms with E-state index in [0.29, 0.717) is 11.4 Å². The summed E-state index contributed by atoms with van der Waals surface area (Å²) < 4.78 is 98.9. The van der Waals surface area contributed by atoms with Crippen LogP contribution < -0.4 is 4.90 Å². The van der Waals surface area contributed by atoms with Crippen LogP contribution in [0.2, 0.25) is 0 Å². The molecule has 0 aromatic heterocycles. The number of para-hydroxylation sites is 1.